The topological polar surface area (TPSA) is 73.1 Å². The lowest BCUT2D eigenvalue weighted by atomic mass is 10.0. The second kappa shape index (κ2) is 4.77. The lowest BCUT2D eigenvalue weighted by molar-refractivity contribution is 0.0696. The predicted octanol–water partition coefficient (Wildman–Crippen LogP) is 2.47. The van der Waals surface area contributed by atoms with E-state index in [-0.39, 0.29) is 5.56 Å². The summed E-state index contributed by atoms with van der Waals surface area (Å²) < 4.78 is 12.9. The van der Waals surface area contributed by atoms with Gasteiger partial charge in [0.2, 0.25) is 0 Å². The van der Waals surface area contributed by atoms with E-state index in [9.17, 15) is 4.79 Å². The maximum atomic E-state index is 11.0. The number of rotatable bonds is 2. The monoisotopic (exact) mass is 296 g/mol. The molecule has 0 saturated heterocycles. The molecule has 0 saturated carbocycles. The number of carboxylic acids is 1. The van der Waals surface area contributed by atoms with Gasteiger partial charge in [0.05, 0.1) is 17.3 Å². The quantitative estimate of drug-likeness (QED) is 0.786. The first-order chi connectivity index (χ1) is 10.7. The van der Waals surface area contributed by atoms with Crippen LogP contribution in [0.5, 0.6) is 11.5 Å². The van der Waals surface area contributed by atoms with E-state index in [0.717, 1.165) is 16.6 Å². The van der Waals surface area contributed by atoms with Crippen LogP contribution in [-0.2, 0) is 0 Å². The summed E-state index contributed by atoms with van der Waals surface area (Å²) in [5.74, 6) is 0.434. The van der Waals surface area contributed by atoms with Gasteiger partial charge in [-0.05, 0) is 18.2 Å². The first-order valence-corrected chi connectivity index (χ1v) is 6.84. The van der Waals surface area contributed by atoms with Crippen LogP contribution >= 0.6 is 0 Å². The van der Waals surface area contributed by atoms with Crippen molar-refractivity contribution in [1.82, 2.24) is 9.61 Å². The zero-order valence-corrected chi connectivity index (χ0v) is 11.5. The molecule has 2 aromatic heterocycles. The van der Waals surface area contributed by atoms with Crippen molar-refractivity contribution in [3.63, 3.8) is 0 Å². The SMILES string of the molecule is O=C(O)c1ccc2c(-c3cccc4c3OCCO4)cnn2c1. The number of carboxylic acid groups (broad SMARTS) is 1. The van der Waals surface area contributed by atoms with Crippen LogP contribution in [0.25, 0.3) is 16.6 Å². The van der Waals surface area contributed by atoms with Crippen LogP contribution in [0.2, 0.25) is 0 Å². The lowest BCUT2D eigenvalue weighted by Crippen LogP contribution is -2.15. The van der Waals surface area contributed by atoms with Crippen LogP contribution in [0.4, 0.5) is 0 Å². The molecule has 22 heavy (non-hydrogen) atoms. The highest BCUT2D eigenvalue weighted by Crippen LogP contribution is 2.41. The fourth-order valence-electron chi connectivity index (χ4n) is 2.60. The number of aromatic carboxylic acids is 1. The van der Waals surface area contributed by atoms with E-state index < -0.39 is 5.97 Å². The molecule has 0 amide bonds. The van der Waals surface area contributed by atoms with Gasteiger partial charge in [-0.3, -0.25) is 0 Å². The number of aromatic nitrogens is 2. The number of fused-ring (bicyclic) bond motifs is 2. The third-order valence-corrected chi connectivity index (χ3v) is 3.62. The summed E-state index contributed by atoms with van der Waals surface area (Å²) in [6.07, 6.45) is 3.20. The van der Waals surface area contributed by atoms with Gasteiger partial charge in [-0.15, -0.1) is 0 Å². The van der Waals surface area contributed by atoms with Crippen LogP contribution in [0.3, 0.4) is 0 Å². The van der Waals surface area contributed by atoms with E-state index in [2.05, 4.69) is 5.10 Å². The molecule has 0 unspecified atom stereocenters. The molecule has 0 aliphatic carbocycles. The van der Waals surface area contributed by atoms with Crippen LogP contribution in [0.15, 0.2) is 42.7 Å². The largest absolute Gasteiger partial charge is 0.486 e. The minimum absolute atomic E-state index is 0.192. The molecule has 6 nitrogen and oxygen atoms in total. The van der Waals surface area contributed by atoms with Crippen LogP contribution < -0.4 is 9.47 Å². The fraction of sp³-hybridized carbons (Fsp3) is 0.125. The molecule has 1 N–H and O–H groups in total. The van der Waals surface area contributed by atoms with Gasteiger partial charge < -0.3 is 14.6 Å². The molecule has 0 fully saturated rings. The summed E-state index contributed by atoms with van der Waals surface area (Å²) in [6.45, 7) is 1.04. The minimum atomic E-state index is -0.979. The molecule has 0 bridgehead atoms. The predicted molar refractivity (Wildman–Crippen MR) is 78.6 cm³/mol. The molecule has 1 aliphatic heterocycles. The third kappa shape index (κ3) is 1.88. The molecule has 110 valence electrons. The fourth-order valence-corrected chi connectivity index (χ4v) is 2.60. The highest BCUT2D eigenvalue weighted by molar-refractivity contribution is 5.90. The second-order valence-corrected chi connectivity index (χ2v) is 4.94. The molecular weight excluding hydrogens is 284 g/mol. The number of ether oxygens (including phenoxy) is 2. The third-order valence-electron chi connectivity index (χ3n) is 3.62. The Kier molecular flexibility index (Phi) is 2.75. The van der Waals surface area contributed by atoms with E-state index in [4.69, 9.17) is 14.6 Å². The van der Waals surface area contributed by atoms with E-state index in [1.165, 1.54) is 6.20 Å². The van der Waals surface area contributed by atoms with Crippen molar-refractivity contribution in [2.45, 2.75) is 0 Å². The van der Waals surface area contributed by atoms with Gasteiger partial charge in [-0.1, -0.05) is 12.1 Å². The summed E-state index contributed by atoms with van der Waals surface area (Å²) in [4.78, 5) is 11.0. The van der Waals surface area contributed by atoms with Crippen molar-refractivity contribution in [2.24, 2.45) is 0 Å². The van der Waals surface area contributed by atoms with Crippen LogP contribution in [0.1, 0.15) is 10.4 Å². The smallest absolute Gasteiger partial charge is 0.337 e. The van der Waals surface area contributed by atoms with Gasteiger partial charge >= 0.3 is 5.97 Å². The van der Waals surface area contributed by atoms with Crippen molar-refractivity contribution in [1.29, 1.82) is 0 Å². The average Bonchev–Trinajstić information content (AvgIpc) is 2.97. The zero-order chi connectivity index (χ0) is 15.1. The number of hydrogen-bond acceptors (Lipinski definition) is 4. The average molecular weight is 296 g/mol. The molecule has 6 heteroatoms. The Labute approximate surface area is 125 Å². The molecule has 0 atom stereocenters. The Morgan fingerprint density at radius 3 is 2.86 bits per heavy atom. The normalized spacial score (nSPS) is 13.3. The van der Waals surface area contributed by atoms with Crippen LogP contribution in [0, 0.1) is 0 Å². The van der Waals surface area contributed by atoms with Crippen LogP contribution in [-0.4, -0.2) is 33.9 Å². The first kappa shape index (κ1) is 12.7. The Morgan fingerprint density at radius 2 is 2.00 bits per heavy atom. The molecule has 1 aromatic carbocycles. The molecule has 1 aliphatic rings. The van der Waals surface area contributed by atoms with Crippen molar-refractivity contribution < 1.29 is 19.4 Å². The Morgan fingerprint density at radius 1 is 1.14 bits per heavy atom. The van der Waals surface area contributed by atoms with E-state index in [1.807, 2.05) is 18.2 Å². The Hall–Kier alpha value is -3.02. The summed E-state index contributed by atoms with van der Waals surface area (Å²) >= 11 is 0. The van der Waals surface area contributed by atoms with Crippen molar-refractivity contribution >= 4 is 11.5 Å². The maximum Gasteiger partial charge on any atom is 0.337 e. The van der Waals surface area contributed by atoms with Gasteiger partial charge in [-0.25, -0.2) is 9.31 Å². The lowest BCUT2D eigenvalue weighted by Gasteiger charge is -2.20. The molecule has 0 radical (unpaired) electrons. The van der Waals surface area contributed by atoms with Gasteiger partial charge in [0.25, 0.3) is 0 Å². The summed E-state index contributed by atoms with van der Waals surface area (Å²) in [5.41, 5.74) is 2.76. The number of para-hydroxylation sites is 1. The van der Waals surface area contributed by atoms with Crippen molar-refractivity contribution in [2.75, 3.05) is 13.2 Å². The Bertz CT molecular complexity index is 885. The summed E-state index contributed by atoms with van der Waals surface area (Å²) in [7, 11) is 0. The number of benzene rings is 1. The number of hydrogen-bond donors (Lipinski definition) is 1. The highest BCUT2D eigenvalue weighted by Gasteiger charge is 2.19. The number of nitrogens with zero attached hydrogens (tertiary/aromatic N) is 2. The minimum Gasteiger partial charge on any atom is -0.486 e. The summed E-state index contributed by atoms with van der Waals surface area (Å²) in [6, 6.07) is 9.02. The van der Waals surface area contributed by atoms with Crippen molar-refractivity contribution in [3.05, 3.63) is 48.3 Å². The summed E-state index contributed by atoms with van der Waals surface area (Å²) in [5, 5.41) is 13.3. The van der Waals surface area contributed by atoms with Gasteiger partial charge in [0.15, 0.2) is 11.5 Å². The molecular formula is C16H12N2O4. The molecule has 0 spiro atoms. The zero-order valence-electron chi connectivity index (χ0n) is 11.5. The highest BCUT2D eigenvalue weighted by atomic mass is 16.6. The first-order valence-electron chi connectivity index (χ1n) is 6.84. The van der Waals surface area contributed by atoms with E-state index in [0.29, 0.717) is 24.7 Å². The molecule has 3 heterocycles. The maximum absolute atomic E-state index is 11.0. The van der Waals surface area contributed by atoms with E-state index in [1.54, 1.807) is 22.8 Å². The Balaban J connectivity index is 1.90. The standard InChI is InChI=1S/C16H12N2O4/c19-16(20)10-4-5-13-12(8-17-18(13)9-10)11-2-1-3-14-15(11)22-7-6-21-14/h1-5,8-9H,6-7H2,(H,19,20). The molecule has 3 aromatic rings. The van der Waals surface area contributed by atoms with Gasteiger partial charge in [0.1, 0.15) is 13.2 Å². The number of carbonyl (C=O) groups is 1. The van der Waals surface area contributed by atoms with Gasteiger partial charge in [0, 0.05) is 17.3 Å². The van der Waals surface area contributed by atoms with E-state index >= 15 is 0 Å². The van der Waals surface area contributed by atoms with Crippen molar-refractivity contribution in [3.8, 4) is 22.6 Å². The van der Waals surface area contributed by atoms with Gasteiger partial charge in [-0.2, -0.15) is 5.10 Å². The second-order valence-electron chi connectivity index (χ2n) is 4.94. The number of pyridine rings is 1. The molecule has 4 rings (SSSR count).